The number of hydrogen-bond acceptors (Lipinski definition) is 5. The molecule has 9 heteroatoms. The van der Waals surface area contributed by atoms with Gasteiger partial charge in [0.15, 0.2) is 0 Å². The lowest BCUT2D eigenvalue weighted by molar-refractivity contribution is 0.507. The van der Waals surface area contributed by atoms with E-state index in [0.717, 1.165) is 18.4 Å². The van der Waals surface area contributed by atoms with Crippen LogP contribution in [0.2, 0.25) is 0 Å². The fraction of sp³-hybridized carbons (Fsp3) is 0.333. The zero-order valence-corrected chi connectivity index (χ0v) is 15.9. The Kier molecular flexibility index (Phi) is 4.06. The Hall–Kier alpha value is -2.68. The van der Waals surface area contributed by atoms with Crippen molar-refractivity contribution >= 4 is 15.7 Å². The number of aryl methyl sites for hydroxylation is 2. The Labute approximate surface area is 156 Å². The van der Waals surface area contributed by atoms with E-state index in [4.69, 9.17) is 4.42 Å². The third kappa shape index (κ3) is 3.23. The topological polar surface area (TPSA) is 101 Å². The van der Waals surface area contributed by atoms with Gasteiger partial charge in [0.25, 0.3) is 15.9 Å². The lowest BCUT2D eigenvalue weighted by atomic mass is 10.2. The van der Waals surface area contributed by atoms with E-state index in [-0.39, 0.29) is 16.5 Å². The SMILES string of the molecule is Cc1ccc(F)c(NS(=O)(=O)c2c(C)[nH]c(-c3nnc(C4CC4)o3)c2C)c1. The number of H-pyrrole nitrogens is 1. The van der Waals surface area contributed by atoms with Crippen molar-refractivity contribution in [1.82, 2.24) is 15.2 Å². The Morgan fingerprint density at radius 3 is 2.67 bits per heavy atom. The number of benzene rings is 1. The Morgan fingerprint density at radius 2 is 1.96 bits per heavy atom. The largest absolute Gasteiger partial charge is 0.419 e. The number of anilines is 1. The summed E-state index contributed by atoms with van der Waals surface area (Å²) in [6.45, 7) is 5.05. The summed E-state index contributed by atoms with van der Waals surface area (Å²) in [5.74, 6) is 0.486. The summed E-state index contributed by atoms with van der Waals surface area (Å²) in [5, 5.41) is 8.07. The van der Waals surface area contributed by atoms with E-state index >= 15 is 0 Å². The maximum atomic E-state index is 14.0. The molecule has 7 nitrogen and oxygen atoms in total. The summed E-state index contributed by atoms with van der Waals surface area (Å²) >= 11 is 0. The predicted molar refractivity (Wildman–Crippen MR) is 97.5 cm³/mol. The van der Waals surface area contributed by atoms with Crippen LogP contribution in [0.1, 0.15) is 41.5 Å². The third-order valence-corrected chi connectivity index (χ3v) is 6.22. The fourth-order valence-corrected chi connectivity index (χ4v) is 4.60. The summed E-state index contributed by atoms with van der Waals surface area (Å²) < 4.78 is 47.8. The van der Waals surface area contributed by atoms with Gasteiger partial charge in [-0.15, -0.1) is 10.2 Å². The molecule has 1 saturated carbocycles. The van der Waals surface area contributed by atoms with E-state index in [2.05, 4.69) is 19.9 Å². The zero-order chi connectivity index (χ0) is 19.3. The molecule has 1 aromatic carbocycles. The molecule has 142 valence electrons. The monoisotopic (exact) mass is 390 g/mol. The van der Waals surface area contributed by atoms with Crippen LogP contribution in [0, 0.1) is 26.6 Å². The molecule has 0 spiro atoms. The van der Waals surface area contributed by atoms with Gasteiger partial charge >= 0.3 is 0 Å². The van der Waals surface area contributed by atoms with Crippen molar-refractivity contribution in [2.75, 3.05) is 4.72 Å². The highest BCUT2D eigenvalue weighted by Crippen LogP contribution is 2.40. The highest BCUT2D eigenvalue weighted by molar-refractivity contribution is 7.92. The number of rotatable bonds is 5. The van der Waals surface area contributed by atoms with Crippen molar-refractivity contribution in [2.45, 2.75) is 44.4 Å². The van der Waals surface area contributed by atoms with Gasteiger partial charge in [-0.3, -0.25) is 4.72 Å². The van der Waals surface area contributed by atoms with Gasteiger partial charge in [0.05, 0.1) is 5.69 Å². The van der Waals surface area contributed by atoms with Gasteiger partial charge in [0.2, 0.25) is 5.89 Å². The van der Waals surface area contributed by atoms with Gasteiger partial charge in [0.1, 0.15) is 16.4 Å². The van der Waals surface area contributed by atoms with Crippen LogP contribution in [0.5, 0.6) is 0 Å². The molecule has 0 radical (unpaired) electrons. The Morgan fingerprint density at radius 1 is 1.22 bits per heavy atom. The van der Waals surface area contributed by atoms with Crippen molar-refractivity contribution in [3.05, 3.63) is 46.7 Å². The normalized spacial score (nSPS) is 14.5. The van der Waals surface area contributed by atoms with Gasteiger partial charge in [0, 0.05) is 17.2 Å². The number of aromatic amines is 1. The van der Waals surface area contributed by atoms with Crippen LogP contribution >= 0.6 is 0 Å². The maximum absolute atomic E-state index is 14.0. The van der Waals surface area contributed by atoms with E-state index in [9.17, 15) is 12.8 Å². The van der Waals surface area contributed by atoms with E-state index in [1.54, 1.807) is 26.8 Å². The molecule has 2 heterocycles. The molecule has 3 aromatic rings. The highest BCUT2D eigenvalue weighted by Gasteiger charge is 2.31. The second kappa shape index (κ2) is 6.19. The average Bonchev–Trinajstić information content (AvgIpc) is 3.24. The molecule has 0 unspecified atom stereocenters. The Balaban J connectivity index is 1.72. The third-order valence-electron chi connectivity index (χ3n) is 4.58. The molecule has 0 bridgehead atoms. The minimum absolute atomic E-state index is 0.0459. The number of halogens is 1. The summed E-state index contributed by atoms with van der Waals surface area (Å²) in [5.41, 5.74) is 1.96. The Bertz CT molecular complexity index is 1130. The number of nitrogens with one attached hydrogen (secondary N) is 2. The van der Waals surface area contributed by atoms with E-state index in [1.807, 2.05) is 0 Å². The van der Waals surface area contributed by atoms with Crippen LogP contribution in [0.3, 0.4) is 0 Å². The van der Waals surface area contributed by atoms with Crippen molar-refractivity contribution in [2.24, 2.45) is 0 Å². The molecular formula is C18H19FN4O3S. The van der Waals surface area contributed by atoms with Crippen molar-refractivity contribution < 1.29 is 17.2 Å². The van der Waals surface area contributed by atoms with Gasteiger partial charge in [-0.25, -0.2) is 12.8 Å². The molecule has 27 heavy (non-hydrogen) atoms. The van der Waals surface area contributed by atoms with Crippen molar-refractivity contribution in [3.8, 4) is 11.6 Å². The standard InChI is InChI=1S/C18H19FN4O3S/c1-9-4-7-13(19)14(8-9)23-27(24,25)16-10(2)15(20-11(16)3)18-22-21-17(26-18)12-5-6-12/h4,7-8,12,20,23H,5-6H2,1-3H3. The smallest absolute Gasteiger partial charge is 0.264 e. The number of nitrogens with zero attached hydrogens (tertiary/aromatic N) is 2. The second-order valence-electron chi connectivity index (χ2n) is 6.89. The molecular weight excluding hydrogens is 371 g/mol. The molecule has 0 aliphatic heterocycles. The quantitative estimate of drug-likeness (QED) is 0.690. The summed E-state index contributed by atoms with van der Waals surface area (Å²) in [6.07, 6.45) is 2.05. The first-order valence-electron chi connectivity index (χ1n) is 8.58. The first kappa shape index (κ1) is 17.7. The van der Waals surface area contributed by atoms with Crippen LogP contribution in [0.15, 0.2) is 27.5 Å². The van der Waals surface area contributed by atoms with Crippen LogP contribution in [0.4, 0.5) is 10.1 Å². The van der Waals surface area contributed by atoms with Crippen LogP contribution in [-0.2, 0) is 10.0 Å². The molecule has 2 N–H and O–H groups in total. The molecule has 4 rings (SSSR count). The van der Waals surface area contributed by atoms with E-state index in [0.29, 0.717) is 28.8 Å². The van der Waals surface area contributed by atoms with Crippen LogP contribution in [-0.4, -0.2) is 23.6 Å². The molecule has 1 aliphatic carbocycles. The van der Waals surface area contributed by atoms with Gasteiger partial charge < -0.3 is 9.40 Å². The average molecular weight is 390 g/mol. The van der Waals surface area contributed by atoms with Gasteiger partial charge in [-0.05, 0) is 51.3 Å². The molecule has 2 aromatic heterocycles. The molecule has 0 atom stereocenters. The molecule has 1 aliphatic rings. The summed E-state index contributed by atoms with van der Waals surface area (Å²) in [7, 11) is -4.01. The first-order chi connectivity index (χ1) is 12.8. The molecule has 0 saturated heterocycles. The lowest BCUT2D eigenvalue weighted by Crippen LogP contribution is -2.15. The van der Waals surface area contributed by atoms with Gasteiger partial charge in [-0.2, -0.15) is 0 Å². The maximum Gasteiger partial charge on any atom is 0.264 e. The molecule has 0 amide bonds. The number of hydrogen-bond donors (Lipinski definition) is 2. The minimum atomic E-state index is -4.01. The van der Waals surface area contributed by atoms with Crippen LogP contribution in [0.25, 0.3) is 11.6 Å². The summed E-state index contributed by atoms with van der Waals surface area (Å²) in [6, 6.07) is 4.25. The fourth-order valence-electron chi connectivity index (χ4n) is 3.09. The predicted octanol–water partition coefficient (Wildman–Crippen LogP) is 3.81. The van der Waals surface area contributed by atoms with Crippen molar-refractivity contribution in [1.29, 1.82) is 0 Å². The van der Waals surface area contributed by atoms with Crippen LogP contribution < -0.4 is 4.72 Å². The van der Waals surface area contributed by atoms with Gasteiger partial charge in [-0.1, -0.05) is 6.07 Å². The zero-order valence-electron chi connectivity index (χ0n) is 15.1. The first-order valence-corrected chi connectivity index (χ1v) is 10.1. The highest BCUT2D eigenvalue weighted by atomic mass is 32.2. The number of sulfonamides is 1. The number of aromatic nitrogens is 3. The lowest BCUT2D eigenvalue weighted by Gasteiger charge is -2.10. The van der Waals surface area contributed by atoms with Crippen molar-refractivity contribution in [3.63, 3.8) is 0 Å². The van der Waals surface area contributed by atoms with E-state index < -0.39 is 15.8 Å². The second-order valence-corrected chi connectivity index (χ2v) is 8.51. The summed E-state index contributed by atoms with van der Waals surface area (Å²) in [4.78, 5) is 3.06. The minimum Gasteiger partial charge on any atom is -0.419 e. The molecule has 1 fully saturated rings. The van der Waals surface area contributed by atoms with E-state index in [1.165, 1.54) is 12.1 Å².